The Balaban J connectivity index is 1.81. The molecule has 0 radical (unpaired) electrons. The van der Waals surface area contributed by atoms with Crippen LogP contribution < -0.4 is 5.32 Å². The predicted octanol–water partition coefficient (Wildman–Crippen LogP) is 3.85. The summed E-state index contributed by atoms with van der Waals surface area (Å²) in [5.74, 6) is 0.939. The molecule has 3 rings (SSSR count). The first-order valence-corrected chi connectivity index (χ1v) is 8.31. The molecule has 1 aliphatic carbocycles. The lowest BCUT2D eigenvalue weighted by Crippen LogP contribution is -2.45. The zero-order chi connectivity index (χ0) is 13.2. The van der Waals surface area contributed by atoms with Crippen LogP contribution in [0.3, 0.4) is 0 Å². The number of piperazine rings is 1. The lowest BCUT2D eigenvalue weighted by molar-refractivity contribution is 0.160. The molecular formula is C15H20BrClN2. The minimum atomic E-state index is 0.558. The van der Waals surface area contributed by atoms with E-state index in [4.69, 9.17) is 11.6 Å². The maximum Gasteiger partial charge on any atom is 0.0548 e. The molecule has 1 aromatic carbocycles. The van der Waals surface area contributed by atoms with Gasteiger partial charge in [-0.25, -0.2) is 0 Å². The van der Waals surface area contributed by atoms with Crippen molar-refractivity contribution in [3.63, 3.8) is 0 Å². The molecule has 4 heteroatoms. The highest BCUT2D eigenvalue weighted by atomic mass is 79.9. The van der Waals surface area contributed by atoms with Gasteiger partial charge in [-0.3, -0.25) is 4.90 Å². The van der Waals surface area contributed by atoms with E-state index < -0.39 is 0 Å². The highest BCUT2D eigenvalue weighted by molar-refractivity contribution is 9.10. The van der Waals surface area contributed by atoms with Crippen molar-refractivity contribution < 1.29 is 0 Å². The van der Waals surface area contributed by atoms with Crippen molar-refractivity contribution in [2.24, 2.45) is 5.92 Å². The molecule has 19 heavy (non-hydrogen) atoms. The SMILES string of the molecule is Clc1ccc([C@@H](CC2CC2)N2CCNCC2)cc1Br. The average molecular weight is 344 g/mol. The van der Waals surface area contributed by atoms with Gasteiger partial charge in [0.25, 0.3) is 0 Å². The third kappa shape index (κ3) is 3.52. The monoisotopic (exact) mass is 342 g/mol. The average Bonchev–Trinajstić information content (AvgIpc) is 3.24. The first kappa shape index (κ1) is 13.9. The second kappa shape index (κ2) is 6.13. The Morgan fingerprint density at radius 3 is 2.68 bits per heavy atom. The third-order valence-electron chi connectivity index (χ3n) is 4.17. The van der Waals surface area contributed by atoms with E-state index in [-0.39, 0.29) is 0 Å². The topological polar surface area (TPSA) is 15.3 Å². The summed E-state index contributed by atoms with van der Waals surface area (Å²) in [6.45, 7) is 4.51. The zero-order valence-electron chi connectivity index (χ0n) is 11.0. The molecule has 0 bridgehead atoms. The summed E-state index contributed by atoms with van der Waals surface area (Å²) in [6.07, 6.45) is 4.13. The first-order chi connectivity index (χ1) is 9.24. The van der Waals surface area contributed by atoms with Gasteiger partial charge in [0.1, 0.15) is 0 Å². The van der Waals surface area contributed by atoms with Crippen LogP contribution >= 0.6 is 27.5 Å². The number of hydrogen-bond donors (Lipinski definition) is 1. The molecule has 0 aromatic heterocycles. The molecular weight excluding hydrogens is 324 g/mol. The van der Waals surface area contributed by atoms with Crippen LogP contribution in [0, 0.1) is 5.92 Å². The van der Waals surface area contributed by atoms with Crippen molar-refractivity contribution in [2.45, 2.75) is 25.3 Å². The van der Waals surface area contributed by atoms with Crippen molar-refractivity contribution in [3.05, 3.63) is 33.3 Å². The minimum Gasteiger partial charge on any atom is -0.314 e. The van der Waals surface area contributed by atoms with Crippen LogP contribution in [0.1, 0.15) is 30.9 Å². The van der Waals surface area contributed by atoms with E-state index in [1.807, 2.05) is 6.07 Å². The van der Waals surface area contributed by atoms with Crippen LogP contribution in [0.5, 0.6) is 0 Å². The van der Waals surface area contributed by atoms with Gasteiger partial charge in [-0.15, -0.1) is 0 Å². The van der Waals surface area contributed by atoms with E-state index in [0.717, 1.165) is 41.6 Å². The fraction of sp³-hybridized carbons (Fsp3) is 0.600. The Hall–Kier alpha value is -0.0900. The van der Waals surface area contributed by atoms with Gasteiger partial charge in [0.05, 0.1) is 5.02 Å². The molecule has 1 atom stereocenters. The zero-order valence-corrected chi connectivity index (χ0v) is 13.4. The largest absolute Gasteiger partial charge is 0.314 e. The molecule has 1 saturated carbocycles. The molecule has 0 spiro atoms. The summed E-state index contributed by atoms with van der Waals surface area (Å²) < 4.78 is 1.02. The van der Waals surface area contributed by atoms with Gasteiger partial charge < -0.3 is 5.32 Å². The van der Waals surface area contributed by atoms with Crippen LogP contribution in [0.4, 0.5) is 0 Å². The fourth-order valence-electron chi connectivity index (χ4n) is 2.88. The molecule has 2 fully saturated rings. The predicted molar refractivity (Wildman–Crippen MR) is 83.7 cm³/mol. The molecule has 0 unspecified atom stereocenters. The first-order valence-electron chi connectivity index (χ1n) is 7.14. The van der Waals surface area contributed by atoms with Gasteiger partial charge in [-0.05, 0) is 46.0 Å². The summed E-state index contributed by atoms with van der Waals surface area (Å²) >= 11 is 9.68. The van der Waals surface area contributed by atoms with Gasteiger partial charge in [0.2, 0.25) is 0 Å². The van der Waals surface area contributed by atoms with Gasteiger partial charge in [-0.1, -0.05) is 30.5 Å². The number of hydrogen-bond acceptors (Lipinski definition) is 2. The highest BCUT2D eigenvalue weighted by Crippen LogP contribution is 2.41. The van der Waals surface area contributed by atoms with Gasteiger partial charge in [-0.2, -0.15) is 0 Å². The van der Waals surface area contributed by atoms with Crippen LogP contribution in [0.25, 0.3) is 0 Å². The number of nitrogens with one attached hydrogen (secondary N) is 1. The van der Waals surface area contributed by atoms with Gasteiger partial charge >= 0.3 is 0 Å². The second-order valence-electron chi connectivity index (χ2n) is 5.65. The number of benzene rings is 1. The van der Waals surface area contributed by atoms with E-state index in [0.29, 0.717) is 6.04 Å². The molecule has 1 heterocycles. The van der Waals surface area contributed by atoms with Crippen LogP contribution in [-0.2, 0) is 0 Å². The van der Waals surface area contributed by atoms with E-state index in [1.54, 1.807) is 0 Å². The van der Waals surface area contributed by atoms with E-state index in [1.165, 1.54) is 24.8 Å². The molecule has 2 nitrogen and oxygen atoms in total. The molecule has 2 aliphatic rings. The fourth-order valence-corrected chi connectivity index (χ4v) is 3.39. The maximum atomic E-state index is 6.12. The molecule has 1 aromatic rings. The molecule has 1 aliphatic heterocycles. The normalized spacial score (nSPS) is 22.4. The van der Waals surface area contributed by atoms with Crippen LogP contribution in [0.15, 0.2) is 22.7 Å². The Morgan fingerprint density at radius 2 is 2.05 bits per heavy atom. The maximum absolute atomic E-state index is 6.12. The smallest absolute Gasteiger partial charge is 0.0548 e. The van der Waals surface area contributed by atoms with E-state index in [9.17, 15) is 0 Å². The summed E-state index contributed by atoms with van der Waals surface area (Å²) in [6, 6.07) is 6.98. The number of nitrogens with zero attached hydrogens (tertiary/aromatic N) is 1. The lowest BCUT2D eigenvalue weighted by Gasteiger charge is -2.35. The number of halogens is 2. The summed E-state index contributed by atoms with van der Waals surface area (Å²) in [5, 5.41) is 4.24. The number of rotatable bonds is 4. The standard InChI is InChI=1S/C15H20BrClN2/c16-13-10-12(3-4-14(13)17)15(9-11-1-2-11)19-7-5-18-6-8-19/h3-4,10-11,15,18H,1-2,5-9H2/t15-/m1/s1. The molecule has 1 N–H and O–H groups in total. The lowest BCUT2D eigenvalue weighted by atomic mass is 9.99. The highest BCUT2D eigenvalue weighted by Gasteiger charge is 2.30. The van der Waals surface area contributed by atoms with Crippen LogP contribution in [-0.4, -0.2) is 31.1 Å². The van der Waals surface area contributed by atoms with Crippen molar-refractivity contribution >= 4 is 27.5 Å². The Bertz CT molecular complexity index is 442. The van der Waals surface area contributed by atoms with Gasteiger partial charge in [0.15, 0.2) is 0 Å². The third-order valence-corrected chi connectivity index (χ3v) is 5.39. The summed E-state index contributed by atoms with van der Waals surface area (Å²) in [7, 11) is 0. The molecule has 0 amide bonds. The van der Waals surface area contributed by atoms with E-state index >= 15 is 0 Å². The summed E-state index contributed by atoms with van der Waals surface area (Å²) in [4.78, 5) is 2.63. The minimum absolute atomic E-state index is 0.558. The molecule has 1 saturated heterocycles. The van der Waals surface area contributed by atoms with Crippen molar-refractivity contribution in [1.82, 2.24) is 10.2 Å². The summed E-state index contributed by atoms with van der Waals surface area (Å²) in [5.41, 5.74) is 1.41. The van der Waals surface area contributed by atoms with Crippen molar-refractivity contribution in [3.8, 4) is 0 Å². The van der Waals surface area contributed by atoms with E-state index in [2.05, 4.69) is 38.3 Å². The van der Waals surface area contributed by atoms with Crippen molar-refractivity contribution in [2.75, 3.05) is 26.2 Å². The Kier molecular flexibility index (Phi) is 4.47. The van der Waals surface area contributed by atoms with Crippen LogP contribution in [0.2, 0.25) is 5.02 Å². The Morgan fingerprint density at radius 1 is 1.32 bits per heavy atom. The second-order valence-corrected chi connectivity index (χ2v) is 6.92. The quantitative estimate of drug-likeness (QED) is 0.893. The van der Waals surface area contributed by atoms with Gasteiger partial charge in [0, 0.05) is 36.7 Å². The molecule has 104 valence electrons. The van der Waals surface area contributed by atoms with Crippen molar-refractivity contribution in [1.29, 1.82) is 0 Å². The Labute approximate surface area is 128 Å².